The third-order valence-electron chi connectivity index (χ3n) is 3.05. The summed E-state index contributed by atoms with van der Waals surface area (Å²) >= 11 is 10.5. The van der Waals surface area contributed by atoms with Gasteiger partial charge in [-0.15, -0.1) is 0 Å². The minimum atomic E-state index is 0.200. The molecule has 1 aliphatic rings. The third kappa shape index (κ3) is 3.06. The predicted octanol–water partition coefficient (Wildman–Crippen LogP) is 4.78. The van der Waals surface area contributed by atoms with E-state index in [0.29, 0.717) is 6.61 Å². The quantitative estimate of drug-likeness (QED) is 0.687. The lowest BCUT2D eigenvalue weighted by Gasteiger charge is -2.40. The van der Waals surface area contributed by atoms with Crippen molar-refractivity contribution in [3.63, 3.8) is 0 Å². The summed E-state index contributed by atoms with van der Waals surface area (Å²) in [6.07, 6.45) is 1.08. The van der Waals surface area contributed by atoms with Crippen LogP contribution in [0.4, 0.5) is 0 Å². The maximum Gasteiger partial charge on any atom is 0.147 e. The Morgan fingerprint density at radius 3 is 2.24 bits per heavy atom. The van der Waals surface area contributed by atoms with E-state index in [2.05, 4.69) is 54.7 Å². The fraction of sp³-hybridized carbons (Fsp3) is 0.500. The van der Waals surface area contributed by atoms with E-state index in [1.165, 1.54) is 0 Å². The summed E-state index contributed by atoms with van der Waals surface area (Å²) in [6, 6.07) is 3.96. The second-order valence-corrected chi connectivity index (χ2v) is 6.96. The van der Waals surface area contributed by atoms with Gasteiger partial charge in [0.25, 0.3) is 0 Å². The lowest BCUT2D eigenvalue weighted by Crippen LogP contribution is -2.46. The van der Waals surface area contributed by atoms with E-state index in [9.17, 15) is 0 Å². The maximum atomic E-state index is 5.93. The highest BCUT2D eigenvalue weighted by Gasteiger charge is 2.37. The van der Waals surface area contributed by atoms with Crippen molar-refractivity contribution in [2.75, 3.05) is 19.8 Å². The average Bonchev–Trinajstić information content (AvgIpc) is 2.19. The molecule has 0 amide bonds. The van der Waals surface area contributed by atoms with Crippen LogP contribution in [0.15, 0.2) is 25.6 Å². The largest absolute Gasteiger partial charge is 0.490 e. The molecule has 1 aliphatic heterocycles. The Hall–Kier alpha value is 0.420. The third-order valence-corrected chi connectivity index (χ3v) is 4.69. The molecule has 0 atom stereocenters. The summed E-state index contributed by atoms with van der Waals surface area (Å²) in [5, 5.41) is 0. The molecule has 2 nitrogen and oxygen atoms in total. The van der Waals surface area contributed by atoms with Crippen LogP contribution < -0.4 is 4.74 Å². The molecule has 0 N–H and O–H groups in total. The van der Waals surface area contributed by atoms with Gasteiger partial charge < -0.3 is 9.47 Å². The van der Waals surface area contributed by atoms with Crippen molar-refractivity contribution in [1.82, 2.24) is 0 Å². The Labute approximate surface area is 126 Å². The Balaban J connectivity index is 2.09. The van der Waals surface area contributed by atoms with E-state index >= 15 is 0 Å². The second kappa shape index (κ2) is 5.59. The molecule has 1 saturated heterocycles. The Bertz CT molecular complexity index is 388. The van der Waals surface area contributed by atoms with Crippen molar-refractivity contribution in [3.8, 4) is 5.75 Å². The molecule has 17 heavy (non-hydrogen) atoms. The first-order valence-electron chi connectivity index (χ1n) is 5.41. The molecule has 5 heteroatoms. The zero-order chi connectivity index (χ0) is 12.5. The van der Waals surface area contributed by atoms with E-state index in [4.69, 9.17) is 9.47 Å². The molecule has 1 heterocycles. The van der Waals surface area contributed by atoms with Crippen LogP contribution in [0.5, 0.6) is 5.75 Å². The first-order valence-corrected chi connectivity index (χ1v) is 7.79. The topological polar surface area (TPSA) is 18.5 Å². The van der Waals surface area contributed by atoms with Crippen LogP contribution in [-0.2, 0) is 4.74 Å². The van der Waals surface area contributed by atoms with Crippen molar-refractivity contribution in [1.29, 1.82) is 0 Å². The molecule has 1 aromatic carbocycles. The minimum Gasteiger partial charge on any atom is -0.490 e. The standard InChI is InChI=1S/C12H13Br3O2/c1-2-12(5-16-6-12)7-17-11-9(14)3-8(13)4-10(11)15/h3-4H,2,5-7H2,1H3. The van der Waals surface area contributed by atoms with Gasteiger partial charge in [-0.05, 0) is 50.4 Å². The van der Waals surface area contributed by atoms with Crippen LogP contribution in [0.25, 0.3) is 0 Å². The Morgan fingerprint density at radius 1 is 1.24 bits per heavy atom. The monoisotopic (exact) mass is 426 g/mol. The number of rotatable bonds is 4. The highest BCUT2D eigenvalue weighted by atomic mass is 79.9. The van der Waals surface area contributed by atoms with Crippen LogP contribution in [0.3, 0.4) is 0 Å². The van der Waals surface area contributed by atoms with Crippen LogP contribution >= 0.6 is 47.8 Å². The van der Waals surface area contributed by atoms with Crippen molar-refractivity contribution >= 4 is 47.8 Å². The van der Waals surface area contributed by atoms with Crippen LogP contribution in [0.2, 0.25) is 0 Å². The van der Waals surface area contributed by atoms with Crippen molar-refractivity contribution in [3.05, 3.63) is 25.6 Å². The molecular formula is C12H13Br3O2. The van der Waals surface area contributed by atoms with Gasteiger partial charge in [-0.1, -0.05) is 22.9 Å². The number of halogens is 3. The van der Waals surface area contributed by atoms with E-state index in [-0.39, 0.29) is 5.41 Å². The molecule has 94 valence electrons. The Kier molecular flexibility index (Phi) is 4.55. The molecule has 0 aromatic heterocycles. The highest BCUT2D eigenvalue weighted by Crippen LogP contribution is 2.39. The van der Waals surface area contributed by atoms with Gasteiger partial charge >= 0.3 is 0 Å². The van der Waals surface area contributed by atoms with Crippen LogP contribution in [-0.4, -0.2) is 19.8 Å². The minimum absolute atomic E-state index is 0.200. The summed E-state index contributed by atoms with van der Waals surface area (Å²) in [5.74, 6) is 0.855. The fourth-order valence-corrected chi connectivity index (χ4v) is 4.16. The molecule has 0 spiro atoms. The molecule has 0 saturated carbocycles. The summed E-state index contributed by atoms with van der Waals surface area (Å²) in [4.78, 5) is 0. The first kappa shape index (κ1) is 13.8. The SMILES string of the molecule is CCC1(COc2c(Br)cc(Br)cc2Br)COC1. The van der Waals surface area contributed by atoms with E-state index in [1.807, 2.05) is 12.1 Å². The maximum absolute atomic E-state index is 5.93. The van der Waals surface area contributed by atoms with Crippen LogP contribution in [0, 0.1) is 5.41 Å². The molecule has 2 rings (SSSR count). The first-order chi connectivity index (χ1) is 8.06. The number of hydrogen-bond donors (Lipinski definition) is 0. The Morgan fingerprint density at radius 2 is 1.82 bits per heavy atom. The lowest BCUT2D eigenvalue weighted by atomic mass is 9.84. The predicted molar refractivity (Wildman–Crippen MR) is 78.6 cm³/mol. The zero-order valence-corrected chi connectivity index (χ0v) is 14.2. The van der Waals surface area contributed by atoms with E-state index in [1.54, 1.807) is 0 Å². The second-order valence-electron chi connectivity index (χ2n) is 4.33. The molecule has 0 aliphatic carbocycles. The van der Waals surface area contributed by atoms with Gasteiger partial charge in [-0.3, -0.25) is 0 Å². The summed E-state index contributed by atoms with van der Waals surface area (Å²) in [7, 11) is 0. The summed E-state index contributed by atoms with van der Waals surface area (Å²) in [6.45, 7) is 4.48. The molecule has 0 unspecified atom stereocenters. The van der Waals surface area contributed by atoms with Crippen LogP contribution in [0.1, 0.15) is 13.3 Å². The van der Waals surface area contributed by atoms with Gasteiger partial charge in [-0.25, -0.2) is 0 Å². The van der Waals surface area contributed by atoms with Gasteiger partial charge in [0.1, 0.15) is 5.75 Å². The average molecular weight is 429 g/mol. The van der Waals surface area contributed by atoms with Crippen molar-refractivity contribution in [2.45, 2.75) is 13.3 Å². The van der Waals surface area contributed by atoms with Gasteiger partial charge in [0, 0.05) is 4.47 Å². The van der Waals surface area contributed by atoms with Crippen molar-refractivity contribution < 1.29 is 9.47 Å². The number of hydrogen-bond acceptors (Lipinski definition) is 2. The zero-order valence-electron chi connectivity index (χ0n) is 9.43. The molecule has 1 fully saturated rings. The van der Waals surface area contributed by atoms with Gasteiger partial charge in [0.15, 0.2) is 0 Å². The molecule has 0 radical (unpaired) electrons. The van der Waals surface area contributed by atoms with Gasteiger partial charge in [-0.2, -0.15) is 0 Å². The fourth-order valence-electron chi connectivity index (χ4n) is 1.67. The van der Waals surface area contributed by atoms with Gasteiger partial charge in [0.05, 0.1) is 34.2 Å². The molecule has 1 aromatic rings. The van der Waals surface area contributed by atoms with E-state index in [0.717, 1.165) is 38.8 Å². The lowest BCUT2D eigenvalue weighted by molar-refractivity contribution is -0.133. The van der Waals surface area contributed by atoms with E-state index < -0.39 is 0 Å². The molecular weight excluding hydrogens is 416 g/mol. The smallest absolute Gasteiger partial charge is 0.147 e. The molecule has 0 bridgehead atoms. The van der Waals surface area contributed by atoms with Gasteiger partial charge in [0.2, 0.25) is 0 Å². The van der Waals surface area contributed by atoms with Crippen molar-refractivity contribution in [2.24, 2.45) is 5.41 Å². The number of ether oxygens (including phenoxy) is 2. The number of benzene rings is 1. The summed E-state index contributed by atoms with van der Waals surface area (Å²) in [5.41, 5.74) is 0.200. The normalized spacial score (nSPS) is 17.6. The highest BCUT2D eigenvalue weighted by molar-refractivity contribution is 9.11. The summed E-state index contributed by atoms with van der Waals surface area (Å²) < 4.78 is 14.1.